The fraction of sp³-hybridized carbons (Fsp3) is 0.227. The Kier molecular flexibility index (Phi) is 6.68. The number of anilines is 3. The molecular formula is C22H27FN6O3S. The van der Waals surface area contributed by atoms with E-state index in [4.69, 9.17) is 0 Å². The molecule has 0 radical (unpaired) electrons. The predicted molar refractivity (Wildman–Crippen MR) is 127 cm³/mol. The molecule has 1 saturated heterocycles. The van der Waals surface area contributed by atoms with Crippen LogP contribution in [0.5, 0.6) is 0 Å². The van der Waals surface area contributed by atoms with Gasteiger partial charge in [0, 0.05) is 46.6 Å². The summed E-state index contributed by atoms with van der Waals surface area (Å²) in [7, 11) is -3.75. The Morgan fingerprint density at radius 3 is 2.48 bits per heavy atom. The molecule has 3 aromatic rings. The van der Waals surface area contributed by atoms with Gasteiger partial charge < -0.3 is 15.1 Å². The maximum Gasteiger partial charge on any atom is 0.263 e. The molecule has 4 rings (SSSR count). The monoisotopic (exact) mass is 474 g/mol. The lowest BCUT2D eigenvalue weighted by molar-refractivity contribution is -0.129. The van der Waals surface area contributed by atoms with Gasteiger partial charge in [0.25, 0.3) is 10.0 Å². The van der Waals surface area contributed by atoms with Crippen LogP contribution < -0.4 is 14.9 Å². The minimum absolute atomic E-state index is 0. The topological polar surface area (TPSA) is 108 Å². The minimum Gasteiger partial charge on any atom is -0.376 e. The summed E-state index contributed by atoms with van der Waals surface area (Å²) in [6.45, 7) is 2.42. The number of aromatic nitrogens is 2. The maximum atomic E-state index is 13.3. The zero-order chi connectivity index (χ0) is 23.3. The summed E-state index contributed by atoms with van der Waals surface area (Å²) in [4.78, 5) is 24.1. The van der Waals surface area contributed by atoms with Gasteiger partial charge in [-0.25, -0.2) is 22.8 Å². The van der Waals surface area contributed by atoms with Gasteiger partial charge in [-0.15, -0.1) is 0 Å². The molecule has 2 aromatic carbocycles. The number of hydrogen-bond acceptors (Lipinski definition) is 7. The molecule has 176 valence electrons. The third kappa shape index (κ3) is 5.75. The third-order valence-electron chi connectivity index (χ3n) is 5.23. The molecule has 2 heterocycles. The van der Waals surface area contributed by atoms with Crippen molar-refractivity contribution in [3.8, 4) is 0 Å². The first kappa shape index (κ1) is 22.5. The van der Waals surface area contributed by atoms with E-state index in [9.17, 15) is 17.6 Å². The van der Waals surface area contributed by atoms with Crippen molar-refractivity contribution in [2.24, 2.45) is 0 Å². The summed E-state index contributed by atoms with van der Waals surface area (Å²) in [5.41, 5.74) is 1.44. The molecular weight excluding hydrogens is 447 g/mol. The van der Waals surface area contributed by atoms with Crippen LogP contribution in [0.15, 0.2) is 72.0 Å². The second-order valence-electron chi connectivity index (χ2n) is 7.43. The second kappa shape index (κ2) is 9.82. The van der Waals surface area contributed by atoms with Crippen molar-refractivity contribution in [3.63, 3.8) is 0 Å². The zero-order valence-electron chi connectivity index (χ0n) is 17.7. The highest BCUT2D eigenvalue weighted by Crippen LogP contribution is 2.21. The number of piperazine rings is 1. The Bertz CT molecular complexity index is 1210. The molecule has 33 heavy (non-hydrogen) atoms. The lowest BCUT2D eigenvalue weighted by Gasteiger charge is -2.36. The zero-order valence-corrected chi connectivity index (χ0v) is 18.5. The van der Waals surface area contributed by atoms with Crippen molar-refractivity contribution in [1.82, 2.24) is 14.9 Å². The van der Waals surface area contributed by atoms with Crippen molar-refractivity contribution in [1.29, 1.82) is 0 Å². The highest BCUT2D eigenvalue weighted by molar-refractivity contribution is 7.92. The van der Waals surface area contributed by atoms with Gasteiger partial charge in [-0.1, -0.05) is 6.07 Å². The molecule has 0 saturated carbocycles. The first-order valence-electron chi connectivity index (χ1n) is 10.3. The van der Waals surface area contributed by atoms with Crippen molar-refractivity contribution in [2.75, 3.05) is 47.7 Å². The van der Waals surface area contributed by atoms with Crippen LogP contribution >= 0.6 is 0 Å². The molecule has 0 spiro atoms. The summed E-state index contributed by atoms with van der Waals surface area (Å²) in [6, 6.07) is 14.0. The van der Waals surface area contributed by atoms with Crippen LogP contribution in [0.1, 0.15) is 2.85 Å². The molecule has 1 aromatic heterocycles. The predicted octanol–water partition coefficient (Wildman–Crippen LogP) is 2.67. The molecule has 0 unspecified atom stereocenters. The lowest BCUT2D eigenvalue weighted by atomic mass is 10.2. The Balaban J connectivity index is 0.00000216. The van der Waals surface area contributed by atoms with Crippen LogP contribution in [0.25, 0.3) is 0 Å². The molecule has 2 N–H and O–H groups in total. The Morgan fingerprint density at radius 1 is 1.06 bits per heavy atom. The van der Waals surface area contributed by atoms with E-state index in [1.54, 1.807) is 41.3 Å². The average molecular weight is 475 g/mol. The number of carbonyl (C=O) groups excluding carboxylic acids is 1. The van der Waals surface area contributed by atoms with E-state index in [1.807, 2.05) is 0 Å². The van der Waals surface area contributed by atoms with Gasteiger partial charge in [-0.2, -0.15) is 0 Å². The van der Waals surface area contributed by atoms with Crippen LogP contribution in [0.2, 0.25) is 0 Å². The average Bonchev–Trinajstić information content (AvgIpc) is 2.83. The SMILES string of the molecule is O=C(CNc1cccc(F)c1)N1CCN(c2ccc(S(=O)(=O)Nc3ccncn3)cc2)CC1.[HH].[HH]. The van der Waals surface area contributed by atoms with Crippen LogP contribution in [-0.4, -0.2) is 61.9 Å². The third-order valence-corrected chi connectivity index (χ3v) is 6.60. The van der Waals surface area contributed by atoms with Gasteiger partial charge in [0.05, 0.1) is 11.4 Å². The van der Waals surface area contributed by atoms with E-state index < -0.39 is 10.0 Å². The van der Waals surface area contributed by atoms with E-state index in [1.165, 1.54) is 30.7 Å². The number of hydrogen-bond donors (Lipinski definition) is 2. The Labute approximate surface area is 194 Å². The van der Waals surface area contributed by atoms with Crippen molar-refractivity contribution in [2.45, 2.75) is 4.90 Å². The number of carbonyl (C=O) groups is 1. The smallest absolute Gasteiger partial charge is 0.263 e. The number of halogens is 1. The van der Waals surface area contributed by atoms with Crippen LogP contribution in [0.4, 0.5) is 21.6 Å². The molecule has 0 bridgehead atoms. The highest BCUT2D eigenvalue weighted by Gasteiger charge is 2.22. The summed E-state index contributed by atoms with van der Waals surface area (Å²) >= 11 is 0. The molecule has 1 amide bonds. The van der Waals surface area contributed by atoms with Crippen molar-refractivity contribution >= 4 is 33.1 Å². The fourth-order valence-corrected chi connectivity index (χ4v) is 4.49. The van der Waals surface area contributed by atoms with Gasteiger partial charge in [-0.05, 0) is 48.5 Å². The summed E-state index contributed by atoms with van der Waals surface area (Å²) < 4.78 is 40.7. The number of nitrogens with one attached hydrogen (secondary N) is 2. The molecule has 9 nitrogen and oxygen atoms in total. The van der Waals surface area contributed by atoms with Gasteiger partial charge in [0.2, 0.25) is 5.91 Å². The second-order valence-corrected chi connectivity index (χ2v) is 9.11. The van der Waals surface area contributed by atoms with Crippen molar-refractivity contribution in [3.05, 3.63) is 72.9 Å². The van der Waals surface area contributed by atoms with Crippen LogP contribution in [-0.2, 0) is 14.8 Å². The number of amides is 1. The quantitative estimate of drug-likeness (QED) is 0.542. The normalized spacial score (nSPS) is 14.1. The van der Waals surface area contributed by atoms with E-state index in [-0.39, 0.29) is 31.8 Å². The van der Waals surface area contributed by atoms with E-state index in [2.05, 4.69) is 24.9 Å². The lowest BCUT2D eigenvalue weighted by Crippen LogP contribution is -2.50. The van der Waals surface area contributed by atoms with Gasteiger partial charge in [0.15, 0.2) is 0 Å². The van der Waals surface area contributed by atoms with E-state index in [0.29, 0.717) is 31.9 Å². The summed E-state index contributed by atoms with van der Waals surface area (Å²) in [6.07, 6.45) is 2.72. The summed E-state index contributed by atoms with van der Waals surface area (Å²) in [5.74, 6) is -0.220. The number of nitrogens with zero attached hydrogens (tertiary/aromatic N) is 4. The maximum absolute atomic E-state index is 13.3. The van der Waals surface area contributed by atoms with E-state index >= 15 is 0 Å². The first-order chi connectivity index (χ1) is 15.9. The van der Waals surface area contributed by atoms with Crippen LogP contribution in [0, 0.1) is 5.82 Å². The first-order valence-corrected chi connectivity index (χ1v) is 11.8. The number of rotatable bonds is 7. The molecule has 1 fully saturated rings. The molecule has 1 aliphatic rings. The molecule has 1 aliphatic heterocycles. The largest absolute Gasteiger partial charge is 0.376 e. The summed E-state index contributed by atoms with van der Waals surface area (Å²) in [5, 5.41) is 2.95. The van der Waals surface area contributed by atoms with Gasteiger partial charge in [0.1, 0.15) is 18.0 Å². The number of benzene rings is 2. The molecule has 0 atom stereocenters. The Morgan fingerprint density at radius 2 is 1.82 bits per heavy atom. The van der Waals surface area contributed by atoms with Gasteiger partial charge in [-0.3, -0.25) is 9.52 Å². The number of sulfonamides is 1. The standard InChI is InChI=1S/C22H23FN6O3S.2H2/c23-17-2-1-3-18(14-17)25-15-22(30)29-12-10-28(11-13-29)19-4-6-20(7-5-19)33(31,32)27-21-8-9-24-16-26-21;;/h1-9,14,16,25H,10-13,15H2,(H,24,26,27);2*1H. The van der Waals surface area contributed by atoms with Crippen LogP contribution in [0.3, 0.4) is 0 Å². The molecule has 11 heteroatoms. The minimum atomic E-state index is -3.75. The Hall–Kier alpha value is -3.73. The van der Waals surface area contributed by atoms with Crippen molar-refractivity contribution < 1.29 is 20.5 Å². The van der Waals surface area contributed by atoms with E-state index in [0.717, 1.165) is 5.69 Å². The molecule has 0 aliphatic carbocycles. The fourth-order valence-electron chi connectivity index (χ4n) is 3.49. The van der Waals surface area contributed by atoms with Gasteiger partial charge >= 0.3 is 0 Å². The highest BCUT2D eigenvalue weighted by atomic mass is 32.2.